The molecule has 0 fully saturated rings. The normalized spacial score (nSPS) is 11.2. The van der Waals surface area contributed by atoms with E-state index in [1.807, 2.05) is 30.6 Å². The molecule has 0 atom stereocenters. The van der Waals surface area contributed by atoms with Crippen LogP contribution in [-0.2, 0) is 0 Å². The van der Waals surface area contributed by atoms with Crippen LogP contribution in [0.3, 0.4) is 0 Å². The number of rotatable bonds is 2. The lowest BCUT2D eigenvalue weighted by molar-refractivity contribution is 1.07. The number of aryl methyl sites for hydroxylation is 1. The van der Waals surface area contributed by atoms with Gasteiger partial charge in [0.25, 0.3) is 0 Å². The lowest BCUT2D eigenvalue weighted by Gasteiger charge is -2.06. The van der Waals surface area contributed by atoms with E-state index >= 15 is 0 Å². The molecule has 4 aromatic rings. The highest BCUT2D eigenvalue weighted by Gasteiger charge is 2.09. The number of hydrogen-bond donors (Lipinski definition) is 2. The fraction of sp³-hybridized carbons (Fsp3) is 0.0714. The molecular formula is C14H11N5S. The zero-order valence-electron chi connectivity index (χ0n) is 10.7. The van der Waals surface area contributed by atoms with E-state index in [0.29, 0.717) is 0 Å². The Labute approximate surface area is 118 Å². The Bertz CT molecular complexity index is 908. The van der Waals surface area contributed by atoms with Crippen molar-refractivity contribution < 1.29 is 0 Å². The van der Waals surface area contributed by atoms with Gasteiger partial charge >= 0.3 is 0 Å². The molecule has 5 nitrogen and oxygen atoms in total. The third-order valence-corrected chi connectivity index (χ3v) is 4.05. The van der Waals surface area contributed by atoms with Crippen molar-refractivity contribution in [2.45, 2.75) is 6.92 Å². The Balaban J connectivity index is 1.81. The fourth-order valence-corrected chi connectivity index (χ4v) is 2.94. The van der Waals surface area contributed by atoms with Gasteiger partial charge < -0.3 is 5.32 Å². The van der Waals surface area contributed by atoms with E-state index in [0.717, 1.165) is 33.6 Å². The second-order valence-corrected chi connectivity index (χ2v) is 5.45. The Morgan fingerprint density at radius 3 is 3.05 bits per heavy atom. The van der Waals surface area contributed by atoms with E-state index in [2.05, 4.69) is 31.5 Å². The Hall–Kier alpha value is -2.47. The Morgan fingerprint density at radius 2 is 2.10 bits per heavy atom. The molecule has 1 aromatic carbocycles. The molecule has 98 valence electrons. The molecule has 0 radical (unpaired) electrons. The van der Waals surface area contributed by atoms with Crippen LogP contribution in [0.1, 0.15) is 5.69 Å². The highest BCUT2D eigenvalue weighted by Crippen LogP contribution is 2.27. The van der Waals surface area contributed by atoms with E-state index in [9.17, 15) is 0 Å². The molecule has 3 heterocycles. The van der Waals surface area contributed by atoms with Gasteiger partial charge in [0, 0.05) is 17.6 Å². The molecular weight excluding hydrogens is 270 g/mol. The van der Waals surface area contributed by atoms with Crippen LogP contribution in [0.25, 0.3) is 21.1 Å². The average Bonchev–Trinajstić information content (AvgIpc) is 3.06. The number of aromatic nitrogens is 4. The van der Waals surface area contributed by atoms with E-state index in [-0.39, 0.29) is 0 Å². The van der Waals surface area contributed by atoms with Crippen molar-refractivity contribution in [1.29, 1.82) is 0 Å². The van der Waals surface area contributed by atoms with Gasteiger partial charge in [-0.1, -0.05) is 0 Å². The maximum Gasteiger partial charge on any atom is 0.141 e. The fourth-order valence-electron chi connectivity index (χ4n) is 2.28. The summed E-state index contributed by atoms with van der Waals surface area (Å²) in [5, 5.41) is 11.6. The van der Waals surface area contributed by atoms with E-state index in [1.165, 1.54) is 4.70 Å². The Kier molecular flexibility index (Phi) is 2.43. The number of benzene rings is 1. The van der Waals surface area contributed by atoms with Crippen molar-refractivity contribution in [1.82, 2.24) is 20.2 Å². The van der Waals surface area contributed by atoms with Crippen LogP contribution in [0.2, 0.25) is 0 Å². The molecule has 0 amide bonds. The lowest BCUT2D eigenvalue weighted by Crippen LogP contribution is -1.94. The number of pyridine rings is 1. The predicted octanol–water partition coefficient (Wildman–Crippen LogP) is 3.62. The first-order chi connectivity index (χ1) is 9.81. The molecule has 0 saturated carbocycles. The van der Waals surface area contributed by atoms with Crippen molar-refractivity contribution in [3.05, 3.63) is 41.7 Å². The summed E-state index contributed by atoms with van der Waals surface area (Å²) < 4.78 is 1.18. The molecule has 0 aliphatic heterocycles. The molecule has 2 N–H and O–H groups in total. The number of hydrogen-bond acceptors (Lipinski definition) is 5. The highest BCUT2D eigenvalue weighted by molar-refractivity contribution is 7.16. The quantitative estimate of drug-likeness (QED) is 0.589. The summed E-state index contributed by atoms with van der Waals surface area (Å²) in [6, 6.07) is 8.03. The number of nitrogens with one attached hydrogen (secondary N) is 2. The van der Waals surface area contributed by atoms with Crippen LogP contribution in [0.5, 0.6) is 0 Å². The molecule has 3 aromatic heterocycles. The molecule has 0 saturated heterocycles. The van der Waals surface area contributed by atoms with Crippen LogP contribution in [0.15, 0.2) is 36.0 Å². The first-order valence-electron chi connectivity index (χ1n) is 6.21. The van der Waals surface area contributed by atoms with Gasteiger partial charge in [0.1, 0.15) is 5.82 Å². The second kappa shape index (κ2) is 4.28. The van der Waals surface area contributed by atoms with Gasteiger partial charge in [-0.2, -0.15) is 5.10 Å². The summed E-state index contributed by atoms with van der Waals surface area (Å²) in [6.45, 7) is 1.99. The number of fused-ring (bicyclic) bond motifs is 2. The number of aromatic amines is 1. The SMILES string of the molecule is Cc1[nH]nc2ccnc(Nc3ccc4scnc4c3)c12. The van der Waals surface area contributed by atoms with Crippen LogP contribution in [0.4, 0.5) is 11.5 Å². The molecule has 4 rings (SSSR count). The maximum atomic E-state index is 4.41. The Morgan fingerprint density at radius 1 is 1.15 bits per heavy atom. The molecule has 0 aliphatic carbocycles. The van der Waals surface area contributed by atoms with Gasteiger partial charge in [0.05, 0.1) is 26.6 Å². The van der Waals surface area contributed by atoms with E-state index < -0.39 is 0 Å². The summed E-state index contributed by atoms with van der Waals surface area (Å²) in [7, 11) is 0. The summed E-state index contributed by atoms with van der Waals surface area (Å²) in [6.07, 6.45) is 1.76. The molecule has 0 spiro atoms. The molecule has 0 unspecified atom stereocenters. The van der Waals surface area contributed by atoms with Gasteiger partial charge in [-0.15, -0.1) is 11.3 Å². The van der Waals surface area contributed by atoms with Gasteiger partial charge in [0.15, 0.2) is 0 Å². The summed E-state index contributed by atoms with van der Waals surface area (Å²) >= 11 is 1.64. The third kappa shape index (κ3) is 1.73. The zero-order chi connectivity index (χ0) is 13.5. The zero-order valence-corrected chi connectivity index (χ0v) is 11.5. The smallest absolute Gasteiger partial charge is 0.141 e. The second-order valence-electron chi connectivity index (χ2n) is 4.56. The molecule has 0 aliphatic rings. The first kappa shape index (κ1) is 11.4. The van der Waals surface area contributed by atoms with Crippen LogP contribution in [0, 0.1) is 6.92 Å². The minimum atomic E-state index is 0.809. The first-order valence-corrected chi connectivity index (χ1v) is 7.09. The predicted molar refractivity (Wildman–Crippen MR) is 81.5 cm³/mol. The largest absolute Gasteiger partial charge is 0.340 e. The monoisotopic (exact) mass is 281 g/mol. The minimum Gasteiger partial charge on any atom is -0.340 e. The maximum absolute atomic E-state index is 4.41. The standard InChI is InChI=1S/C14H11N5S/c1-8-13-10(19-18-8)4-5-15-14(13)17-9-2-3-12-11(6-9)16-7-20-12/h2-7H,1H3,(H,15,17)(H,18,19). The van der Waals surface area contributed by atoms with Gasteiger partial charge in [-0.3, -0.25) is 5.10 Å². The summed E-state index contributed by atoms with van der Waals surface area (Å²) in [5.74, 6) is 0.809. The number of anilines is 2. The topological polar surface area (TPSA) is 66.5 Å². The molecule has 6 heteroatoms. The number of thiazole rings is 1. The molecule has 0 bridgehead atoms. The molecule has 20 heavy (non-hydrogen) atoms. The van der Waals surface area contributed by atoms with Crippen molar-refractivity contribution in [2.75, 3.05) is 5.32 Å². The van der Waals surface area contributed by atoms with E-state index in [1.54, 1.807) is 17.5 Å². The van der Waals surface area contributed by atoms with Crippen molar-refractivity contribution >= 4 is 44.0 Å². The van der Waals surface area contributed by atoms with Crippen LogP contribution < -0.4 is 5.32 Å². The third-order valence-electron chi connectivity index (χ3n) is 3.24. The number of H-pyrrole nitrogens is 1. The van der Waals surface area contributed by atoms with Crippen LogP contribution >= 0.6 is 11.3 Å². The van der Waals surface area contributed by atoms with Crippen molar-refractivity contribution in [3.63, 3.8) is 0 Å². The van der Waals surface area contributed by atoms with Crippen molar-refractivity contribution in [3.8, 4) is 0 Å². The summed E-state index contributed by atoms with van der Waals surface area (Å²) in [5.41, 5.74) is 5.74. The van der Waals surface area contributed by atoms with E-state index in [4.69, 9.17) is 0 Å². The number of nitrogens with zero attached hydrogens (tertiary/aromatic N) is 3. The van der Waals surface area contributed by atoms with Crippen molar-refractivity contribution in [2.24, 2.45) is 0 Å². The highest BCUT2D eigenvalue weighted by atomic mass is 32.1. The average molecular weight is 281 g/mol. The minimum absolute atomic E-state index is 0.809. The van der Waals surface area contributed by atoms with Gasteiger partial charge in [-0.05, 0) is 31.2 Å². The van der Waals surface area contributed by atoms with Gasteiger partial charge in [0.2, 0.25) is 0 Å². The summed E-state index contributed by atoms with van der Waals surface area (Å²) in [4.78, 5) is 8.74. The lowest BCUT2D eigenvalue weighted by atomic mass is 10.2. The van der Waals surface area contributed by atoms with Gasteiger partial charge in [-0.25, -0.2) is 9.97 Å². The van der Waals surface area contributed by atoms with Crippen LogP contribution in [-0.4, -0.2) is 20.2 Å².